The molecule has 0 aliphatic rings. The lowest BCUT2D eigenvalue weighted by molar-refractivity contribution is 0.319. The van der Waals surface area contributed by atoms with Gasteiger partial charge in [-0.1, -0.05) is 11.6 Å². The minimum Gasteiger partial charge on any atom is -0.493 e. The molecule has 0 radical (unpaired) electrons. The molecule has 1 aromatic carbocycles. The van der Waals surface area contributed by atoms with Gasteiger partial charge >= 0.3 is 0 Å². The van der Waals surface area contributed by atoms with Gasteiger partial charge in [-0.25, -0.2) is 9.97 Å². The molecule has 0 bridgehead atoms. The maximum Gasteiger partial charge on any atom is 0.134 e. The third-order valence-electron chi connectivity index (χ3n) is 2.14. The van der Waals surface area contributed by atoms with Crippen molar-refractivity contribution >= 4 is 17.4 Å². The highest BCUT2D eigenvalue weighted by atomic mass is 35.5. The van der Waals surface area contributed by atoms with Crippen molar-refractivity contribution in [3.05, 3.63) is 47.4 Å². The van der Waals surface area contributed by atoms with Gasteiger partial charge < -0.3 is 10.5 Å². The Balaban J connectivity index is 1.85. The summed E-state index contributed by atoms with van der Waals surface area (Å²) in [5.74, 6) is 1.93. The van der Waals surface area contributed by atoms with Crippen molar-refractivity contribution in [2.75, 3.05) is 12.3 Å². The molecule has 2 aromatic rings. The molecule has 2 N–H and O–H groups in total. The quantitative estimate of drug-likeness (QED) is 0.904. The van der Waals surface area contributed by atoms with Crippen molar-refractivity contribution in [2.24, 2.45) is 0 Å². The molecule has 0 atom stereocenters. The largest absolute Gasteiger partial charge is 0.493 e. The lowest BCUT2D eigenvalue weighted by atomic mass is 10.3. The van der Waals surface area contributed by atoms with Crippen LogP contribution in [-0.2, 0) is 6.42 Å². The van der Waals surface area contributed by atoms with E-state index in [1.807, 2.05) is 12.1 Å². The average Bonchev–Trinajstić information content (AvgIpc) is 2.32. The smallest absolute Gasteiger partial charge is 0.134 e. The maximum absolute atomic E-state index is 5.77. The van der Waals surface area contributed by atoms with E-state index < -0.39 is 0 Å². The van der Waals surface area contributed by atoms with E-state index in [9.17, 15) is 0 Å². The third kappa shape index (κ3) is 3.60. The fourth-order valence-corrected chi connectivity index (χ4v) is 1.45. The van der Waals surface area contributed by atoms with E-state index in [0.717, 1.165) is 5.75 Å². The van der Waals surface area contributed by atoms with Gasteiger partial charge in [0, 0.05) is 17.6 Å². The molecule has 0 aliphatic carbocycles. The number of ether oxygens (including phenoxy) is 1. The summed E-state index contributed by atoms with van der Waals surface area (Å²) < 4.78 is 5.53. The van der Waals surface area contributed by atoms with Gasteiger partial charge in [-0.2, -0.15) is 0 Å². The van der Waals surface area contributed by atoms with Crippen molar-refractivity contribution in [1.29, 1.82) is 0 Å². The van der Waals surface area contributed by atoms with Gasteiger partial charge in [0.2, 0.25) is 0 Å². The lowest BCUT2D eigenvalue weighted by Crippen LogP contribution is -2.06. The SMILES string of the molecule is Nc1ccnc(CCOc2ccc(Cl)cc2)n1. The van der Waals surface area contributed by atoms with Gasteiger partial charge in [-0.15, -0.1) is 0 Å². The van der Waals surface area contributed by atoms with Crippen molar-refractivity contribution in [3.8, 4) is 5.75 Å². The van der Waals surface area contributed by atoms with Crippen LogP contribution in [0.3, 0.4) is 0 Å². The molecule has 5 heteroatoms. The van der Waals surface area contributed by atoms with Crippen molar-refractivity contribution in [1.82, 2.24) is 9.97 Å². The molecule has 0 saturated heterocycles. The Morgan fingerprint density at radius 3 is 2.65 bits per heavy atom. The number of aromatic nitrogens is 2. The number of anilines is 1. The number of nitrogens with zero attached hydrogens (tertiary/aromatic N) is 2. The molecular weight excluding hydrogens is 238 g/mol. The van der Waals surface area contributed by atoms with E-state index in [1.165, 1.54) is 0 Å². The van der Waals surface area contributed by atoms with Crippen molar-refractivity contribution < 1.29 is 4.74 Å². The average molecular weight is 250 g/mol. The van der Waals surface area contributed by atoms with Crippen LogP contribution in [-0.4, -0.2) is 16.6 Å². The second-order valence-corrected chi connectivity index (χ2v) is 3.89. The number of rotatable bonds is 4. The van der Waals surface area contributed by atoms with Crippen LogP contribution in [0.15, 0.2) is 36.5 Å². The summed E-state index contributed by atoms with van der Waals surface area (Å²) in [4.78, 5) is 8.18. The van der Waals surface area contributed by atoms with Crippen LogP contribution in [0.5, 0.6) is 5.75 Å². The van der Waals surface area contributed by atoms with Crippen molar-refractivity contribution in [2.45, 2.75) is 6.42 Å². The molecule has 4 nitrogen and oxygen atoms in total. The van der Waals surface area contributed by atoms with Gasteiger partial charge in [0.05, 0.1) is 6.61 Å². The Labute approximate surface area is 104 Å². The number of nitrogen functional groups attached to an aromatic ring is 1. The van der Waals surface area contributed by atoms with Gasteiger partial charge in [0.25, 0.3) is 0 Å². The van der Waals surface area contributed by atoms with Crippen LogP contribution >= 0.6 is 11.6 Å². The van der Waals surface area contributed by atoms with Gasteiger partial charge in [-0.05, 0) is 30.3 Å². The highest BCUT2D eigenvalue weighted by Crippen LogP contribution is 2.15. The van der Waals surface area contributed by atoms with Crippen LogP contribution < -0.4 is 10.5 Å². The number of hydrogen-bond acceptors (Lipinski definition) is 4. The van der Waals surface area contributed by atoms with Gasteiger partial charge in [-0.3, -0.25) is 0 Å². The monoisotopic (exact) mass is 249 g/mol. The van der Waals surface area contributed by atoms with E-state index in [1.54, 1.807) is 24.4 Å². The Bertz CT molecular complexity index is 487. The van der Waals surface area contributed by atoms with E-state index in [4.69, 9.17) is 22.1 Å². The maximum atomic E-state index is 5.77. The van der Waals surface area contributed by atoms with E-state index in [-0.39, 0.29) is 0 Å². The summed E-state index contributed by atoms with van der Waals surface area (Å²) in [5.41, 5.74) is 5.55. The number of hydrogen-bond donors (Lipinski definition) is 1. The minimum atomic E-state index is 0.474. The van der Waals surface area contributed by atoms with Crippen LogP contribution in [0.25, 0.3) is 0 Å². The van der Waals surface area contributed by atoms with Gasteiger partial charge in [0.15, 0.2) is 0 Å². The third-order valence-corrected chi connectivity index (χ3v) is 2.39. The summed E-state index contributed by atoms with van der Waals surface area (Å²) in [6.45, 7) is 0.505. The van der Waals surface area contributed by atoms with E-state index >= 15 is 0 Å². The fourth-order valence-electron chi connectivity index (χ4n) is 1.33. The molecule has 88 valence electrons. The second kappa shape index (κ2) is 5.50. The summed E-state index contributed by atoms with van der Waals surface area (Å²) in [5, 5.41) is 0.691. The highest BCUT2D eigenvalue weighted by molar-refractivity contribution is 6.30. The van der Waals surface area contributed by atoms with Crippen LogP contribution in [0.1, 0.15) is 5.82 Å². The lowest BCUT2D eigenvalue weighted by Gasteiger charge is -2.05. The molecule has 0 amide bonds. The van der Waals surface area contributed by atoms with Crippen LogP contribution in [0.4, 0.5) is 5.82 Å². The summed E-state index contributed by atoms with van der Waals surface area (Å²) in [7, 11) is 0. The zero-order valence-corrected chi connectivity index (χ0v) is 9.89. The first-order valence-corrected chi connectivity index (χ1v) is 5.57. The molecule has 0 spiro atoms. The first-order valence-electron chi connectivity index (χ1n) is 5.20. The first kappa shape index (κ1) is 11.7. The Morgan fingerprint density at radius 1 is 1.18 bits per heavy atom. The number of halogens is 1. The molecule has 0 unspecified atom stereocenters. The molecule has 1 aromatic heterocycles. The highest BCUT2D eigenvalue weighted by Gasteiger charge is 1.98. The summed E-state index contributed by atoms with van der Waals surface area (Å²) in [6.07, 6.45) is 2.26. The van der Waals surface area contributed by atoms with Crippen LogP contribution in [0, 0.1) is 0 Å². The molecule has 17 heavy (non-hydrogen) atoms. The topological polar surface area (TPSA) is 61.0 Å². The molecule has 2 rings (SSSR count). The molecule has 1 heterocycles. The number of benzene rings is 1. The molecule has 0 saturated carbocycles. The van der Waals surface area contributed by atoms with Gasteiger partial charge in [0.1, 0.15) is 17.4 Å². The summed E-state index contributed by atoms with van der Waals surface area (Å²) >= 11 is 5.77. The van der Waals surface area contributed by atoms with E-state index in [0.29, 0.717) is 29.7 Å². The standard InChI is InChI=1S/C12H12ClN3O/c13-9-1-3-10(4-2-9)17-8-6-12-15-7-5-11(14)16-12/h1-5,7H,6,8H2,(H2,14,15,16). The van der Waals surface area contributed by atoms with Crippen molar-refractivity contribution in [3.63, 3.8) is 0 Å². The molecule has 0 aliphatic heterocycles. The predicted molar refractivity (Wildman–Crippen MR) is 67.1 cm³/mol. The van der Waals surface area contributed by atoms with E-state index in [2.05, 4.69) is 9.97 Å². The number of nitrogens with two attached hydrogens (primary N) is 1. The normalized spacial score (nSPS) is 10.2. The minimum absolute atomic E-state index is 0.474. The molecular formula is C12H12ClN3O. The Kier molecular flexibility index (Phi) is 3.77. The second-order valence-electron chi connectivity index (χ2n) is 3.45. The Hall–Kier alpha value is -1.81. The fraction of sp³-hybridized carbons (Fsp3) is 0.167. The zero-order valence-electron chi connectivity index (χ0n) is 9.14. The predicted octanol–water partition coefficient (Wildman–Crippen LogP) is 2.33. The van der Waals surface area contributed by atoms with Crippen LogP contribution in [0.2, 0.25) is 5.02 Å². The molecule has 0 fully saturated rings. The summed E-state index contributed by atoms with van der Waals surface area (Å²) in [6, 6.07) is 8.87. The Morgan fingerprint density at radius 2 is 1.94 bits per heavy atom. The zero-order chi connectivity index (χ0) is 12.1. The first-order chi connectivity index (χ1) is 8.24.